The summed E-state index contributed by atoms with van der Waals surface area (Å²) in [6.45, 7) is 1.67. The van der Waals surface area contributed by atoms with Crippen molar-refractivity contribution in [1.29, 1.82) is 0 Å². The monoisotopic (exact) mass is 416 g/mol. The molecular weight excluding hydrogens is 396 g/mol. The number of halogens is 1. The van der Waals surface area contributed by atoms with E-state index in [0.717, 1.165) is 45.6 Å². The Morgan fingerprint density at radius 2 is 1.96 bits per heavy atom. The molecule has 1 aliphatic rings. The van der Waals surface area contributed by atoms with E-state index in [1.54, 1.807) is 6.08 Å². The lowest BCUT2D eigenvalue weighted by molar-refractivity contribution is 0.332. The van der Waals surface area contributed by atoms with Gasteiger partial charge in [0.1, 0.15) is 11.3 Å². The number of hydrogen-bond donors (Lipinski definition) is 1. The molecule has 0 radical (unpaired) electrons. The van der Waals surface area contributed by atoms with Crippen LogP contribution in [0.3, 0.4) is 0 Å². The first-order valence-electron chi connectivity index (χ1n) is 9.06. The number of nitrogens with one attached hydrogen (secondary N) is 1. The minimum absolute atomic E-state index is 0.0936. The number of likely N-dealkylation sites (N-methyl/N-ethyl adjacent to an activating group) is 1. The van der Waals surface area contributed by atoms with Crippen molar-refractivity contribution in [3.63, 3.8) is 0 Å². The lowest BCUT2D eigenvalue weighted by atomic mass is 10.0. The second-order valence-electron chi connectivity index (χ2n) is 6.97. The zero-order chi connectivity index (χ0) is 19.7. The zero-order valence-corrected chi connectivity index (χ0v) is 17.1. The highest BCUT2D eigenvalue weighted by atomic mass is 35.5. The molecule has 0 unspecified atom stereocenters. The first kappa shape index (κ1) is 19.2. The lowest BCUT2D eigenvalue weighted by Crippen LogP contribution is -2.22. The van der Waals surface area contributed by atoms with Crippen molar-refractivity contribution in [3.8, 4) is 0 Å². The molecule has 0 bridgehead atoms. The second kappa shape index (κ2) is 7.72. The Hall–Kier alpha value is -2.12. The molecule has 1 N–H and O–H groups in total. The van der Waals surface area contributed by atoms with E-state index in [9.17, 15) is 8.42 Å². The maximum atomic E-state index is 12.4. The van der Waals surface area contributed by atoms with Crippen molar-refractivity contribution in [2.75, 3.05) is 13.6 Å². The molecule has 3 aromatic rings. The van der Waals surface area contributed by atoms with Crippen molar-refractivity contribution < 1.29 is 12.8 Å². The summed E-state index contributed by atoms with van der Waals surface area (Å²) in [5.41, 5.74) is 3.64. The summed E-state index contributed by atoms with van der Waals surface area (Å²) in [4.78, 5) is 2.19. The third-order valence-electron chi connectivity index (χ3n) is 4.93. The Morgan fingerprint density at radius 1 is 1.18 bits per heavy atom. The molecule has 0 saturated carbocycles. The summed E-state index contributed by atoms with van der Waals surface area (Å²) in [5, 5.41) is 2.92. The molecule has 0 spiro atoms. The summed E-state index contributed by atoms with van der Waals surface area (Å²) in [7, 11) is -1.56. The van der Waals surface area contributed by atoms with E-state index in [4.69, 9.17) is 16.0 Å². The third-order valence-corrected chi connectivity index (χ3v) is 6.33. The van der Waals surface area contributed by atoms with Crippen LogP contribution in [0.5, 0.6) is 0 Å². The summed E-state index contributed by atoms with van der Waals surface area (Å²) < 4.78 is 33.4. The van der Waals surface area contributed by atoms with E-state index in [1.165, 1.54) is 5.41 Å². The Kier molecular flexibility index (Phi) is 5.29. The molecule has 146 valence electrons. The molecule has 1 aliphatic heterocycles. The van der Waals surface area contributed by atoms with Crippen LogP contribution >= 0.6 is 11.6 Å². The van der Waals surface area contributed by atoms with Gasteiger partial charge in [0.2, 0.25) is 10.0 Å². The van der Waals surface area contributed by atoms with Crippen molar-refractivity contribution in [2.24, 2.45) is 0 Å². The van der Waals surface area contributed by atoms with Crippen LogP contribution in [0.2, 0.25) is 5.02 Å². The lowest BCUT2D eigenvalue weighted by Gasteiger charge is -2.13. The predicted molar refractivity (Wildman–Crippen MR) is 112 cm³/mol. The highest BCUT2D eigenvalue weighted by Crippen LogP contribution is 2.36. The predicted octanol–water partition coefficient (Wildman–Crippen LogP) is 4.16. The summed E-state index contributed by atoms with van der Waals surface area (Å²) in [6.07, 6.45) is 2.41. The minimum Gasteiger partial charge on any atom is -0.459 e. The van der Waals surface area contributed by atoms with Gasteiger partial charge in [-0.15, -0.1) is 0 Å². The van der Waals surface area contributed by atoms with Crippen LogP contribution < -0.4 is 4.72 Å². The highest BCUT2D eigenvalue weighted by molar-refractivity contribution is 7.92. The van der Waals surface area contributed by atoms with Crippen LogP contribution in [0.25, 0.3) is 17.0 Å². The van der Waals surface area contributed by atoms with Crippen molar-refractivity contribution in [1.82, 2.24) is 9.62 Å². The van der Waals surface area contributed by atoms with Crippen molar-refractivity contribution in [2.45, 2.75) is 19.5 Å². The van der Waals surface area contributed by atoms with E-state index >= 15 is 0 Å². The van der Waals surface area contributed by atoms with Gasteiger partial charge in [0.15, 0.2) is 0 Å². The van der Waals surface area contributed by atoms with Crippen molar-refractivity contribution >= 4 is 38.7 Å². The SMILES string of the molecule is CN1CCc2c(Cl)ccc3oc(CNS(=O)(=O)/C=C/c4ccccc4)c(c23)C1. The Balaban J connectivity index is 1.61. The van der Waals surface area contributed by atoms with Gasteiger partial charge in [0.05, 0.1) is 6.54 Å². The number of rotatable bonds is 5. The fourth-order valence-electron chi connectivity index (χ4n) is 3.50. The summed E-state index contributed by atoms with van der Waals surface area (Å²) in [6, 6.07) is 13.0. The number of sulfonamides is 1. The molecule has 7 heteroatoms. The second-order valence-corrected chi connectivity index (χ2v) is 9.03. The Morgan fingerprint density at radius 3 is 2.75 bits per heavy atom. The molecule has 4 rings (SSSR count). The maximum Gasteiger partial charge on any atom is 0.234 e. The van der Waals surface area contributed by atoms with Crippen LogP contribution in [-0.4, -0.2) is 26.9 Å². The Bertz CT molecular complexity index is 1140. The van der Waals surface area contributed by atoms with Crippen LogP contribution in [0.1, 0.15) is 22.5 Å². The zero-order valence-electron chi connectivity index (χ0n) is 15.5. The van der Waals surface area contributed by atoms with Gasteiger partial charge in [-0.25, -0.2) is 13.1 Å². The quantitative estimate of drug-likeness (QED) is 0.678. The van der Waals surface area contributed by atoms with Crippen LogP contribution in [0.4, 0.5) is 0 Å². The average Bonchev–Trinajstić information content (AvgIpc) is 2.92. The largest absolute Gasteiger partial charge is 0.459 e. The van der Waals surface area contributed by atoms with Gasteiger partial charge in [-0.05, 0) is 42.8 Å². The van der Waals surface area contributed by atoms with Gasteiger partial charge in [-0.1, -0.05) is 41.9 Å². The van der Waals surface area contributed by atoms with Gasteiger partial charge in [-0.3, -0.25) is 0 Å². The van der Waals surface area contributed by atoms with Crippen LogP contribution in [0, 0.1) is 0 Å². The molecule has 0 aliphatic carbocycles. The van der Waals surface area contributed by atoms with Gasteiger partial charge < -0.3 is 9.32 Å². The summed E-state index contributed by atoms with van der Waals surface area (Å²) >= 11 is 6.41. The summed E-state index contributed by atoms with van der Waals surface area (Å²) in [5.74, 6) is 0.629. The first-order valence-corrected chi connectivity index (χ1v) is 11.0. The third kappa shape index (κ3) is 4.00. The fourth-order valence-corrected chi connectivity index (χ4v) is 4.52. The molecule has 5 nitrogen and oxygen atoms in total. The average molecular weight is 417 g/mol. The molecule has 2 heterocycles. The van der Waals surface area contributed by atoms with Crippen LogP contribution in [-0.2, 0) is 29.5 Å². The van der Waals surface area contributed by atoms with E-state index < -0.39 is 10.0 Å². The van der Waals surface area contributed by atoms with E-state index in [2.05, 4.69) is 9.62 Å². The minimum atomic E-state index is -3.59. The fraction of sp³-hybridized carbons (Fsp3) is 0.238. The van der Waals surface area contributed by atoms with E-state index in [1.807, 2.05) is 49.5 Å². The molecule has 28 heavy (non-hydrogen) atoms. The van der Waals surface area contributed by atoms with Gasteiger partial charge in [0.25, 0.3) is 0 Å². The first-order chi connectivity index (χ1) is 13.4. The van der Waals surface area contributed by atoms with Crippen LogP contribution in [0.15, 0.2) is 52.3 Å². The highest BCUT2D eigenvalue weighted by Gasteiger charge is 2.23. The molecule has 2 aromatic carbocycles. The normalized spacial score (nSPS) is 15.4. The standard InChI is InChI=1S/C21H21ClN2O3S/c1-24-11-9-16-18(22)7-8-19-21(16)17(14-24)20(27-19)13-23-28(25,26)12-10-15-5-3-2-4-6-15/h2-8,10,12,23H,9,11,13-14H2,1H3/b12-10+. The molecule has 1 aromatic heterocycles. The van der Waals surface area contributed by atoms with Gasteiger partial charge >= 0.3 is 0 Å². The number of hydrogen-bond acceptors (Lipinski definition) is 4. The van der Waals surface area contributed by atoms with E-state index in [-0.39, 0.29) is 6.54 Å². The molecule has 0 saturated heterocycles. The smallest absolute Gasteiger partial charge is 0.234 e. The van der Waals surface area contributed by atoms with E-state index in [0.29, 0.717) is 12.3 Å². The topological polar surface area (TPSA) is 62.6 Å². The Labute approximate surface area is 169 Å². The molecule has 0 fully saturated rings. The number of nitrogens with zero attached hydrogens (tertiary/aromatic N) is 1. The maximum absolute atomic E-state index is 12.4. The van der Waals surface area contributed by atoms with Gasteiger partial charge in [0, 0.05) is 34.5 Å². The molecular formula is C21H21ClN2O3S. The van der Waals surface area contributed by atoms with Crippen molar-refractivity contribution in [3.05, 3.63) is 75.3 Å². The number of benzene rings is 2. The molecule has 0 atom stereocenters. The molecule has 0 amide bonds. The van der Waals surface area contributed by atoms with Gasteiger partial charge in [-0.2, -0.15) is 0 Å². The number of furan rings is 1.